The predicted molar refractivity (Wildman–Crippen MR) is 122 cm³/mol. The Morgan fingerprint density at radius 2 is 1.97 bits per heavy atom. The van der Waals surface area contributed by atoms with Crippen molar-refractivity contribution in [3.05, 3.63) is 0 Å². The zero-order valence-electron chi connectivity index (χ0n) is 19.7. The van der Waals surface area contributed by atoms with Gasteiger partial charge in [0.1, 0.15) is 0 Å². The summed E-state index contributed by atoms with van der Waals surface area (Å²) < 4.78 is 34.9. The zero-order chi connectivity index (χ0) is 23.4. The molecule has 5 atom stereocenters. The summed E-state index contributed by atoms with van der Waals surface area (Å²) in [6, 6.07) is -0.492. The van der Waals surface area contributed by atoms with Crippen molar-refractivity contribution in [3.63, 3.8) is 0 Å². The van der Waals surface area contributed by atoms with Crippen molar-refractivity contribution < 1.29 is 22.7 Å². The van der Waals surface area contributed by atoms with E-state index in [0.717, 1.165) is 32.2 Å². The third-order valence-electron chi connectivity index (χ3n) is 8.10. The van der Waals surface area contributed by atoms with E-state index in [1.54, 1.807) is 0 Å². The van der Waals surface area contributed by atoms with Gasteiger partial charge in [-0.15, -0.1) is 0 Å². The van der Waals surface area contributed by atoms with Crippen molar-refractivity contribution in [2.45, 2.75) is 74.8 Å². The number of carbonyl (C=O) groups excluding carboxylic acids is 2. The van der Waals surface area contributed by atoms with Crippen LogP contribution in [0.15, 0.2) is 0 Å². The molecule has 2 aliphatic carbocycles. The first kappa shape index (κ1) is 23.5. The zero-order valence-corrected chi connectivity index (χ0v) is 20.5. The van der Waals surface area contributed by atoms with Gasteiger partial charge in [0.2, 0.25) is 15.9 Å². The quantitative estimate of drug-likeness (QED) is 0.543. The standard InChI is InChI=1S/C22H37N5O5S/c1-22(7-8-22)24-33(30,31)17-5-6-19-18(10-17)20(28)27(13-15-11-23-25(2)12-15)21(29)26(19)14-16-4-3-9-32-16/h15-19,23-24H,3-14H2,1-2H3. The van der Waals surface area contributed by atoms with Gasteiger partial charge in [0.15, 0.2) is 0 Å². The lowest BCUT2D eigenvalue weighted by molar-refractivity contribution is -0.141. The molecule has 0 aromatic carbocycles. The largest absolute Gasteiger partial charge is 0.376 e. The highest BCUT2D eigenvalue weighted by Crippen LogP contribution is 2.40. The number of fused-ring (bicyclic) bond motifs is 1. The van der Waals surface area contributed by atoms with E-state index >= 15 is 0 Å². The molecule has 0 aromatic rings. The van der Waals surface area contributed by atoms with Crippen molar-refractivity contribution >= 4 is 22.0 Å². The van der Waals surface area contributed by atoms with Gasteiger partial charge in [-0.1, -0.05) is 0 Å². The van der Waals surface area contributed by atoms with Crippen LogP contribution in [0.25, 0.3) is 0 Å². The number of rotatable bonds is 7. The average Bonchev–Trinajstić information content (AvgIpc) is 3.14. The molecule has 5 fully saturated rings. The van der Waals surface area contributed by atoms with Crippen molar-refractivity contribution in [1.29, 1.82) is 0 Å². The number of imide groups is 1. The van der Waals surface area contributed by atoms with Gasteiger partial charge in [-0.3, -0.25) is 15.1 Å². The summed E-state index contributed by atoms with van der Waals surface area (Å²) >= 11 is 0. The molecule has 186 valence electrons. The molecule has 5 aliphatic rings. The van der Waals surface area contributed by atoms with E-state index in [0.29, 0.717) is 39.1 Å². The minimum atomic E-state index is -3.52. The topological polar surface area (TPSA) is 111 Å². The molecule has 10 nitrogen and oxygen atoms in total. The van der Waals surface area contributed by atoms with Crippen LogP contribution in [0, 0.1) is 11.8 Å². The molecule has 0 radical (unpaired) electrons. The molecule has 11 heteroatoms. The number of hydrogen-bond donors (Lipinski definition) is 2. The summed E-state index contributed by atoms with van der Waals surface area (Å²) in [7, 11) is -1.57. The summed E-state index contributed by atoms with van der Waals surface area (Å²) in [5, 5.41) is 1.38. The molecule has 3 amide bonds. The number of hydrogen-bond acceptors (Lipinski definition) is 7. The lowest BCUT2D eigenvalue weighted by Gasteiger charge is -2.49. The first-order valence-corrected chi connectivity index (χ1v) is 13.9. The van der Waals surface area contributed by atoms with E-state index < -0.39 is 21.2 Å². The summed E-state index contributed by atoms with van der Waals surface area (Å²) in [5.74, 6) is -0.539. The molecular weight excluding hydrogens is 446 g/mol. The number of nitrogens with one attached hydrogen (secondary N) is 2. The van der Waals surface area contributed by atoms with Crippen LogP contribution in [0.1, 0.15) is 51.9 Å². The third kappa shape index (κ3) is 4.80. The lowest BCUT2D eigenvalue weighted by atomic mass is 9.80. The first-order chi connectivity index (χ1) is 15.7. The number of carbonyl (C=O) groups is 2. The Morgan fingerprint density at radius 1 is 1.18 bits per heavy atom. The smallest absolute Gasteiger partial charge is 0.327 e. The van der Waals surface area contributed by atoms with E-state index in [9.17, 15) is 18.0 Å². The second-order valence-electron chi connectivity index (χ2n) is 10.9. The Morgan fingerprint density at radius 3 is 2.61 bits per heavy atom. The van der Waals surface area contributed by atoms with Crippen LogP contribution in [0.5, 0.6) is 0 Å². The predicted octanol–water partition coefficient (Wildman–Crippen LogP) is 0.505. The van der Waals surface area contributed by atoms with Gasteiger partial charge >= 0.3 is 6.03 Å². The molecule has 0 bridgehead atoms. The van der Waals surface area contributed by atoms with Crippen LogP contribution in [0.3, 0.4) is 0 Å². The van der Waals surface area contributed by atoms with Crippen LogP contribution in [0.4, 0.5) is 4.79 Å². The van der Waals surface area contributed by atoms with Crippen molar-refractivity contribution in [3.8, 4) is 0 Å². The van der Waals surface area contributed by atoms with Gasteiger partial charge in [-0.05, 0) is 51.9 Å². The fourth-order valence-electron chi connectivity index (χ4n) is 5.92. The Kier molecular flexibility index (Phi) is 6.22. The van der Waals surface area contributed by atoms with Crippen LogP contribution in [-0.4, -0.2) is 97.9 Å². The molecule has 3 heterocycles. The molecule has 5 rings (SSSR count). The van der Waals surface area contributed by atoms with Gasteiger partial charge in [0.05, 0.1) is 17.3 Å². The molecule has 2 saturated carbocycles. The second kappa shape index (κ2) is 8.75. The summed E-state index contributed by atoms with van der Waals surface area (Å²) in [6.07, 6.45) is 4.84. The number of urea groups is 1. The van der Waals surface area contributed by atoms with Crippen molar-refractivity contribution in [2.24, 2.45) is 11.8 Å². The maximum atomic E-state index is 13.6. The Balaban J connectivity index is 1.36. The number of ether oxygens (including phenoxy) is 1. The SMILES string of the molecule is CN1CC(CN2C(=O)C3CC(S(=O)(=O)NC4(C)CC4)CCC3N(CC3CCCO3)C2=O)CN1. The van der Waals surface area contributed by atoms with Crippen LogP contribution in [0.2, 0.25) is 0 Å². The van der Waals surface area contributed by atoms with E-state index in [2.05, 4.69) is 10.1 Å². The van der Waals surface area contributed by atoms with Crippen molar-refractivity contribution in [1.82, 2.24) is 25.0 Å². The van der Waals surface area contributed by atoms with Gasteiger partial charge in [0, 0.05) is 57.3 Å². The van der Waals surface area contributed by atoms with Gasteiger partial charge < -0.3 is 9.64 Å². The number of hydrazine groups is 1. The molecule has 2 N–H and O–H groups in total. The highest BCUT2D eigenvalue weighted by atomic mass is 32.2. The molecule has 33 heavy (non-hydrogen) atoms. The fourth-order valence-corrected chi connectivity index (χ4v) is 7.88. The van der Waals surface area contributed by atoms with Crippen LogP contribution < -0.4 is 10.1 Å². The minimum Gasteiger partial charge on any atom is -0.376 e. The number of amides is 3. The molecule has 0 aromatic heterocycles. The summed E-state index contributed by atoms with van der Waals surface area (Å²) in [5.41, 5.74) is 2.90. The summed E-state index contributed by atoms with van der Waals surface area (Å²) in [6.45, 7) is 4.93. The van der Waals surface area contributed by atoms with E-state index in [1.807, 2.05) is 23.9 Å². The highest BCUT2D eigenvalue weighted by Gasteiger charge is 2.52. The summed E-state index contributed by atoms with van der Waals surface area (Å²) in [4.78, 5) is 30.3. The molecule has 0 spiro atoms. The first-order valence-electron chi connectivity index (χ1n) is 12.4. The minimum absolute atomic E-state index is 0.0122. The molecule has 3 aliphatic heterocycles. The Labute approximate surface area is 196 Å². The Hall–Kier alpha value is -1.27. The number of sulfonamides is 1. The molecule has 3 saturated heterocycles. The van der Waals surface area contributed by atoms with Gasteiger partial charge in [-0.25, -0.2) is 22.9 Å². The lowest BCUT2D eigenvalue weighted by Crippen LogP contribution is -2.65. The van der Waals surface area contributed by atoms with Crippen LogP contribution in [-0.2, 0) is 19.6 Å². The molecular formula is C22H37N5O5S. The third-order valence-corrected chi connectivity index (χ3v) is 10.2. The fraction of sp³-hybridized carbons (Fsp3) is 0.909. The Bertz CT molecular complexity index is 888. The van der Waals surface area contributed by atoms with Gasteiger partial charge in [-0.2, -0.15) is 0 Å². The van der Waals surface area contributed by atoms with Gasteiger partial charge in [0.25, 0.3) is 0 Å². The monoisotopic (exact) mass is 483 g/mol. The number of nitrogens with zero attached hydrogens (tertiary/aromatic N) is 3. The normalized spacial score (nSPS) is 37.0. The van der Waals surface area contributed by atoms with E-state index in [1.165, 1.54) is 4.90 Å². The highest BCUT2D eigenvalue weighted by molar-refractivity contribution is 7.90. The van der Waals surface area contributed by atoms with E-state index in [-0.39, 0.29) is 42.0 Å². The maximum absolute atomic E-state index is 13.6. The van der Waals surface area contributed by atoms with Crippen LogP contribution >= 0.6 is 0 Å². The second-order valence-corrected chi connectivity index (χ2v) is 12.9. The maximum Gasteiger partial charge on any atom is 0.327 e. The average molecular weight is 484 g/mol. The van der Waals surface area contributed by atoms with Crippen molar-refractivity contribution in [2.75, 3.05) is 39.8 Å². The van der Waals surface area contributed by atoms with E-state index in [4.69, 9.17) is 4.74 Å². The molecule has 5 unspecified atom stereocenters.